The fraction of sp³-hybridized carbons (Fsp3) is 0.480. The second-order valence-electron chi connectivity index (χ2n) is 8.68. The largest absolute Gasteiger partial charge is 0.493 e. The molecule has 0 unspecified atom stereocenters. The minimum Gasteiger partial charge on any atom is -0.493 e. The molecule has 1 heterocycles. The number of nitrogens with one attached hydrogen (secondary N) is 1. The first kappa shape index (κ1) is 22.6. The Hall–Kier alpha value is -2.04. The van der Waals surface area contributed by atoms with Gasteiger partial charge in [-0.05, 0) is 61.7 Å². The van der Waals surface area contributed by atoms with Crippen LogP contribution in [-0.2, 0) is 4.79 Å². The lowest BCUT2D eigenvalue weighted by molar-refractivity contribution is -0.118. The highest BCUT2D eigenvalue weighted by Gasteiger charge is 2.24. The summed E-state index contributed by atoms with van der Waals surface area (Å²) in [5.41, 5.74) is 2.24. The number of anilines is 1. The van der Waals surface area contributed by atoms with Gasteiger partial charge in [0.1, 0.15) is 5.75 Å². The highest BCUT2D eigenvalue weighted by molar-refractivity contribution is 6.30. The van der Waals surface area contributed by atoms with E-state index in [1.807, 2.05) is 50.2 Å². The van der Waals surface area contributed by atoms with Crippen LogP contribution in [0, 0.1) is 11.8 Å². The van der Waals surface area contributed by atoms with Gasteiger partial charge in [0.15, 0.2) is 0 Å². The van der Waals surface area contributed by atoms with Crippen LogP contribution in [0.2, 0.25) is 5.02 Å². The predicted molar refractivity (Wildman–Crippen MR) is 124 cm³/mol. The van der Waals surface area contributed by atoms with Gasteiger partial charge in [-0.1, -0.05) is 56.6 Å². The minimum atomic E-state index is -0.0180. The third-order valence-electron chi connectivity index (χ3n) is 5.67. The maximum absolute atomic E-state index is 12.2. The number of ether oxygens (including phenoxy) is 1. The summed E-state index contributed by atoms with van der Waals surface area (Å²) in [4.78, 5) is 14.7. The Morgan fingerprint density at radius 1 is 1.13 bits per heavy atom. The summed E-state index contributed by atoms with van der Waals surface area (Å²) >= 11 is 6.02. The standard InChI is InChI=1S/C25H33ClN2O2/c1-18(2)25(29)27-24-10-5-4-9-23(24)20-11-13-28(14-12-20)16-19(3)17-30-22-8-6-7-21(26)15-22/h4-10,15,18-20H,11-14,16-17H2,1-3H3,(H,27,29)/t19-/m0/s1. The normalized spacial score (nSPS) is 16.4. The smallest absolute Gasteiger partial charge is 0.226 e. The summed E-state index contributed by atoms with van der Waals surface area (Å²) in [6.07, 6.45) is 2.22. The topological polar surface area (TPSA) is 41.6 Å². The molecule has 0 bridgehead atoms. The van der Waals surface area contributed by atoms with Crippen LogP contribution >= 0.6 is 11.6 Å². The van der Waals surface area contributed by atoms with E-state index in [-0.39, 0.29) is 11.8 Å². The van der Waals surface area contributed by atoms with Crippen molar-refractivity contribution in [2.45, 2.75) is 39.5 Å². The van der Waals surface area contributed by atoms with Gasteiger partial charge in [0.2, 0.25) is 5.91 Å². The molecule has 0 spiro atoms. The number of nitrogens with zero attached hydrogens (tertiary/aromatic N) is 1. The van der Waals surface area contributed by atoms with Crippen molar-refractivity contribution >= 4 is 23.2 Å². The van der Waals surface area contributed by atoms with Crippen molar-refractivity contribution in [1.29, 1.82) is 0 Å². The highest BCUT2D eigenvalue weighted by Crippen LogP contribution is 2.33. The van der Waals surface area contributed by atoms with E-state index in [1.165, 1.54) is 5.56 Å². The first-order chi connectivity index (χ1) is 14.4. The van der Waals surface area contributed by atoms with Crippen LogP contribution in [0.25, 0.3) is 0 Å². The molecule has 0 aromatic heterocycles. The van der Waals surface area contributed by atoms with E-state index in [0.717, 1.165) is 43.9 Å². The predicted octanol–water partition coefficient (Wildman–Crippen LogP) is 5.83. The first-order valence-electron chi connectivity index (χ1n) is 10.9. The van der Waals surface area contributed by atoms with Crippen LogP contribution < -0.4 is 10.1 Å². The van der Waals surface area contributed by atoms with E-state index >= 15 is 0 Å². The summed E-state index contributed by atoms with van der Waals surface area (Å²) in [6.45, 7) is 9.93. The third-order valence-corrected chi connectivity index (χ3v) is 5.91. The number of likely N-dealkylation sites (tertiary alicyclic amines) is 1. The Morgan fingerprint density at radius 3 is 2.57 bits per heavy atom. The van der Waals surface area contributed by atoms with E-state index in [9.17, 15) is 4.79 Å². The van der Waals surface area contributed by atoms with Gasteiger partial charge >= 0.3 is 0 Å². The van der Waals surface area contributed by atoms with Crippen LogP contribution in [0.15, 0.2) is 48.5 Å². The summed E-state index contributed by atoms with van der Waals surface area (Å²) < 4.78 is 5.90. The van der Waals surface area contributed by atoms with Crippen molar-refractivity contribution in [2.24, 2.45) is 11.8 Å². The van der Waals surface area contributed by atoms with Crippen LogP contribution in [0.4, 0.5) is 5.69 Å². The maximum Gasteiger partial charge on any atom is 0.226 e. The fourth-order valence-corrected chi connectivity index (χ4v) is 4.14. The maximum atomic E-state index is 12.2. The molecule has 0 saturated carbocycles. The lowest BCUT2D eigenvalue weighted by atomic mass is 9.88. The fourth-order valence-electron chi connectivity index (χ4n) is 3.96. The Labute approximate surface area is 185 Å². The average Bonchev–Trinajstić information content (AvgIpc) is 2.73. The number of para-hydroxylation sites is 1. The number of carbonyl (C=O) groups is 1. The van der Waals surface area contributed by atoms with Crippen LogP contribution in [0.1, 0.15) is 45.1 Å². The number of hydrogen-bond donors (Lipinski definition) is 1. The second kappa shape index (κ2) is 10.8. The molecule has 1 aliphatic heterocycles. The Kier molecular flexibility index (Phi) is 8.17. The van der Waals surface area contributed by atoms with Gasteiger partial charge in [-0.15, -0.1) is 0 Å². The molecule has 1 fully saturated rings. The zero-order valence-electron chi connectivity index (χ0n) is 18.2. The average molecular weight is 429 g/mol. The lowest BCUT2D eigenvalue weighted by Gasteiger charge is -2.34. The van der Waals surface area contributed by atoms with E-state index in [4.69, 9.17) is 16.3 Å². The van der Waals surface area contributed by atoms with Crippen LogP contribution in [0.3, 0.4) is 0 Å². The molecular weight excluding hydrogens is 396 g/mol. The quantitative estimate of drug-likeness (QED) is 0.575. The monoisotopic (exact) mass is 428 g/mol. The number of halogens is 1. The number of amides is 1. The molecule has 1 amide bonds. The van der Waals surface area contributed by atoms with E-state index in [0.29, 0.717) is 23.5 Å². The molecule has 0 radical (unpaired) electrons. The molecule has 1 saturated heterocycles. The molecule has 5 heteroatoms. The van der Waals surface area contributed by atoms with Gasteiger partial charge in [-0.2, -0.15) is 0 Å². The SMILES string of the molecule is CC(C)C(=O)Nc1ccccc1C1CCN(C[C@H](C)COc2cccc(Cl)c2)CC1. The Morgan fingerprint density at radius 2 is 1.87 bits per heavy atom. The Balaban J connectivity index is 1.48. The zero-order valence-corrected chi connectivity index (χ0v) is 19.0. The molecule has 1 atom stereocenters. The van der Waals surface area contributed by atoms with Crippen molar-refractivity contribution < 1.29 is 9.53 Å². The van der Waals surface area contributed by atoms with Crippen LogP contribution in [0.5, 0.6) is 5.75 Å². The molecule has 30 heavy (non-hydrogen) atoms. The van der Waals surface area contributed by atoms with Gasteiger partial charge in [0.05, 0.1) is 6.61 Å². The van der Waals surface area contributed by atoms with E-state index in [1.54, 1.807) is 0 Å². The molecule has 162 valence electrons. The molecule has 3 rings (SSSR count). The molecule has 1 aliphatic rings. The zero-order chi connectivity index (χ0) is 21.5. The molecule has 1 N–H and O–H groups in total. The van der Waals surface area contributed by atoms with Crippen LogP contribution in [-0.4, -0.2) is 37.0 Å². The Bertz CT molecular complexity index is 831. The second-order valence-corrected chi connectivity index (χ2v) is 9.12. The van der Waals surface area contributed by atoms with Gasteiger partial charge < -0.3 is 15.0 Å². The van der Waals surface area contributed by atoms with E-state index in [2.05, 4.69) is 29.3 Å². The van der Waals surface area contributed by atoms with Gasteiger partial charge in [-0.3, -0.25) is 4.79 Å². The highest BCUT2D eigenvalue weighted by atomic mass is 35.5. The molecular formula is C25H33ClN2O2. The molecule has 2 aromatic carbocycles. The van der Waals surface area contributed by atoms with Crippen molar-refractivity contribution in [2.75, 3.05) is 31.6 Å². The van der Waals surface area contributed by atoms with Gasteiger partial charge in [0.25, 0.3) is 0 Å². The number of piperidine rings is 1. The third kappa shape index (κ3) is 6.48. The summed E-state index contributed by atoms with van der Waals surface area (Å²) in [5.74, 6) is 1.82. The summed E-state index contributed by atoms with van der Waals surface area (Å²) in [7, 11) is 0. The molecule has 4 nitrogen and oxygen atoms in total. The van der Waals surface area contributed by atoms with Gasteiger partial charge in [-0.25, -0.2) is 0 Å². The minimum absolute atomic E-state index is 0.0180. The summed E-state index contributed by atoms with van der Waals surface area (Å²) in [5, 5.41) is 3.81. The number of carbonyl (C=O) groups excluding carboxylic acids is 1. The first-order valence-corrected chi connectivity index (χ1v) is 11.3. The number of rotatable bonds is 8. The van der Waals surface area contributed by atoms with Gasteiger partial charge in [0, 0.05) is 29.1 Å². The number of hydrogen-bond acceptors (Lipinski definition) is 3. The summed E-state index contributed by atoms with van der Waals surface area (Å²) in [6, 6.07) is 15.8. The molecule has 2 aromatic rings. The lowest BCUT2D eigenvalue weighted by Crippen LogP contribution is -2.37. The van der Waals surface area contributed by atoms with Crippen molar-refractivity contribution in [3.05, 3.63) is 59.1 Å². The van der Waals surface area contributed by atoms with Crippen molar-refractivity contribution in [3.63, 3.8) is 0 Å². The van der Waals surface area contributed by atoms with Crippen molar-refractivity contribution in [3.8, 4) is 5.75 Å². The number of benzene rings is 2. The molecule has 0 aliphatic carbocycles. The van der Waals surface area contributed by atoms with E-state index < -0.39 is 0 Å². The van der Waals surface area contributed by atoms with Crippen molar-refractivity contribution in [1.82, 2.24) is 4.90 Å².